The van der Waals surface area contributed by atoms with Crippen molar-refractivity contribution in [1.82, 2.24) is 4.90 Å². The second-order valence-corrected chi connectivity index (χ2v) is 5.99. The maximum atomic E-state index is 12.2. The van der Waals surface area contributed by atoms with Gasteiger partial charge in [-0.25, -0.2) is 4.79 Å². The Kier molecular flexibility index (Phi) is 6.30. The lowest BCUT2D eigenvalue weighted by molar-refractivity contribution is -0.137. The minimum atomic E-state index is -1.07. The number of anilines is 1. The standard InChI is InChI=1S/C14H18Cl2N2O3/c1-8(2)6-18(7-13(19)20)14(21)17-12-5-10(15)9(3)4-11(12)16/h4-5,8H,6-7H2,1-3H3,(H,17,21)(H,19,20). The highest BCUT2D eigenvalue weighted by Gasteiger charge is 2.19. The number of amides is 2. The first-order chi connectivity index (χ1) is 9.70. The van der Waals surface area contributed by atoms with E-state index >= 15 is 0 Å². The van der Waals surface area contributed by atoms with Crippen molar-refractivity contribution in [2.45, 2.75) is 20.8 Å². The van der Waals surface area contributed by atoms with Gasteiger partial charge in [-0.3, -0.25) is 4.79 Å². The fourth-order valence-corrected chi connectivity index (χ4v) is 2.19. The number of hydrogen-bond donors (Lipinski definition) is 2. The molecule has 7 heteroatoms. The number of aryl methyl sites for hydroxylation is 1. The van der Waals surface area contributed by atoms with Crippen molar-refractivity contribution in [3.8, 4) is 0 Å². The van der Waals surface area contributed by atoms with Crippen molar-refractivity contribution in [2.24, 2.45) is 5.92 Å². The minimum Gasteiger partial charge on any atom is -0.480 e. The van der Waals surface area contributed by atoms with E-state index in [1.807, 2.05) is 13.8 Å². The van der Waals surface area contributed by atoms with E-state index in [-0.39, 0.29) is 12.5 Å². The highest BCUT2D eigenvalue weighted by molar-refractivity contribution is 6.36. The number of halogens is 2. The van der Waals surface area contributed by atoms with Crippen molar-refractivity contribution in [3.63, 3.8) is 0 Å². The Morgan fingerprint density at radius 1 is 1.29 bits per heavy atom. The highest BCUT2D eigenvalue weighted by Crippen LogP contribution is 2.29. The zero-order valence-corrected chi connectivity index (χ0v) is 13.6. The SMILES string of the molecule is Cc1cc(Cl)c(NC(=O)N(CC(=O)O)CC(C)C)cc1Cl. The first-order valence-electron chi connectivity index (χ1n) is 6.44. The molecule has 0 radical (unpaired) electrons. The van der Waals surface area contributed by atoms with Crippen LogP contribution in [0.3, 0.4) is 0 Å². The summed E-state index contributed by atoms with van der Waals surface area (Å²) >= 11 is 12.1. The van der Waals surface area contributed by atoms with Crippen LogP contribution in [0.2, 0.25) is 10.0 Å². The molecule has 0 saturated carbocycles. The molecule has 2 amide bonds. The van der Waals surface area contributed by atoms with E-state index in [4.69, 9.17) is 28.3 Å². The molecule has 0 aliphatic carbocycles. The van der Waals surface area contributed by atoms with E-state index in [0.29, 0.717) is 22.3 Å². The Morgan fingerprint density at radius 2 is 1.90 bits per heavy atom. The Bertz CT molecular complexity index is 547. The van der Waals surface area contributed by atoms with Crippen LogP contribution in [0, 0.1) is 12.8 Å². The molecule has 2 N–H and O–H groups in total. The third kappa shape index (κ3) is 5.44. The molecular formula is C14H18Cl2N2O3. The summed E-state index contributed by atoms with van der Waals surface area (Å²) in [6, 6.07) is 2.67. The van der Waals surface area contributed by atoms with Gasteiger partial charge in [0.25, 0.3) is 0 Å². The van der Waals surface area contributed by atoms with Crippen molar-refractivity contribution < 1.29 is 14.7 Å². The largest absolute Gasteiger partial charge is 0.480 e. The maximum absolute atomic E-state index is 12.2. The fraction of sp³-hybridized carbons (Fsp3) is 0.429. The van der Waals surface area contributed by atoms with E-state index in [0.717, 1.165) is 5.56 Å². The molecule has 0 aliphatic rings. The first kappa shape index (κ1) is 17.6. The lowest BCUT2D eigenvalue weighted by Gasteiger charge is -2.23. The van der Waals surface area contributed by atoms with Crippen LogP contribution in [-0.4, -0.2) is 35.1 Å². The van der Waals surface area contributed by atoms with Gasteiger partial charge in [0.05, 0.1) is 10.7 Å². The van der Waals surface area contributed by atoms with Gasteiger partial charge in [0.15, 0.2) is 0 Å². The summed E-state index contributed by atoms with van der Waals surface area (Å²) in [5.74, 6) is -0.925. The Morgan fingerprint density at radius 3 is 2.43 bits per heavy atom. The number of rotatable bonds is 5. The fourth-order valence-electron chi connectivity index (χ4n) is 1.76. The molecule has 0 saturated heterocycles. The number of aliphatic carboxylic acids is 1. The van der Waals surface area contributed by atoms with Gasteiger partial charge in [0.1, 0.15) is 6.54 Å². The van der Waals surface area contributed by atoms with Gasteiger partial charge >= 0.3 is 12.0 Å². The number of nitrogens with zero attached hydrogens (tertiary/aromatic N) is 1. The molecule has 21 heavy (non-hydrogen) atoms. The highest BCUT2D eigenvalue weighted by atomic mass is 35.5. The predicted molar refractivity (Wildman–Crippen MR) is 84.3 cm³/mol. The molecule has 0 fully saturated rings. The third-order valence-corrected chi connectivity index (χ3v) is 3.41. The first-order valence-corrected chi connectivity index (χ1v) is 7.19. The van der Waals surface area contributed by atoms with E-state index < -0.39 is 12.0 Å². The molecule has 0 aromatic heterocycles. The summed E-state index contributed by atoms with van der Waals surface area (Å²) in [6.07, 6.45) is 0. The molecule has 0 bridgehead atoms. The monoisotopic (exact) mass is 332 g/mol. The van der Waals surface area contributed by atoms with Gasteiger partial charge in [0, 0.05) is 11.6 Å². The molecule has 0 spiro atoms. The molecule has 0 aliphatic heterocycles. The number of nitrogens with one attached hydrogen (secondary N) is 1. The number of urea groups is 1. The molecule has 0 heterocycles. The lowest BCUT2D eigenvalue weighted by Crippen LogP contribution is -2.41. The van der Waals surface area contributed by atoms with Crippen LogP contribution < -0.4 is 5.32 Å². The van der Waals surface area contributed by atoms with Crippen LogP contribution in [0.15, 0.2) is 12.1 Å². The van der Waals surface area contributed by atoms with Crippen LogP contribution in [0.25, 0.3) is 0 Å². The average molecular weight is 333 g/mol. The van der Waals surface area contributed by atoms with Gasteiger partial charge in [-0.15, -0.1) is 0 Å². The van der Waals surface area contributed by atoms with Gasteiger partial charge in [-0.05, 0) is 30.5 Å². The zero-order chi connectivity index (χ0) is 16.2. The smallest absolute Gasteiger partial charge is 0.323 e. The topological polar surface area (TPSA) is 69.6 Å². The Hall–Kier alpha value is -1.46. The summed E-state index contributed by atoms with van der Waals surface area (Å²) < 4.78 is 0. The Balaban J connectivity index is 2.90. The van der Waals surface area contributed by atoms with Gasteiger partial charge in [-0.1, -0.05) is 37.0 Å². The quantitative estimate of drug-likeness (QED) is 0.859. The summed E-state index contributed by atoms with van der Waals surface area (Å²) in [6.45, 7) is 5.56. The number of carbonyl (C=O) groups excluding carboxylic acids is 1. The summed E-state index contributed by atoms with van der Waals surface area (Å²) in [4.78, 5) is 24.2. The van der Waals surface area contributed by atoms with Gasteiger partial charge in [-0.2, -0.15) is 0 Å². The maximum Gasteiger partial charge on any atom is 0.323 e. The van der Waals surface area contributed by atoms with Gasteiger partial charge in [0.2, 0.25) is 0 Å². The summed E-state index contributed by atoms with van der Waals surface area (Å²) in [5, 5.41) is 12.3. The van der Waals surface area contributed by atoms with Crippen molar-refractivity contribution >= 4 is 40.9 Å². The molecular weight excluding hydrogens is 315 g/mol. The molecule has 1 rings (SSSR count). The van der Waals surface area contributed by atoms with E-state index in [1.165, 1.54) is 4.90 Å². The lowest BCUT2D eigenvalue weighted by atomic mass is 10.2. The van der Waals surface area contributed by atoms with Crippen molar-refractivity contribution in [3.05, 3.63) is 27.7 Å². The summed E-state index contributed by atoms with van der Waals surface area (Å²) in [5.41, 5.74) is 1.15. The number of carboxylic acid groups (broad SMARTS) is 1. The zero-order valence-electron chi connectivity index (χ0n) is 12.1. The average Bonchev–Trinajstić information content (AvgIpc) is 2.33. The molecule has 0 unspecified atom stereocenters. The third-order valence-electron chi connectivity index (χ3n) is 2.69. The Labute approximate surface area is 133 Å². The molecule has 0 atom stereocenters. The number of hydrogen-bond acceptors (Lipinski definition) is 2. The van der Waals surface area contributed by atoms with E-state index in [2.05, 4.69) is 5.32 Å². The van der Waals surface area contributed by atoms with E-state index in [1.54, 1.807) is 19.1 Å². The van der Waals surface area contributed by atoms with Crippen LogP contribution in [-0.2, 0) is 4.79 Å². The second kappa shape index (κ2) is 7.52. The van der Waals surface area contributed by atoms with E-state index in [9.17, 15) is 9.59 Å². The van der Waals surface area contributed by atoms with Gasteiger partial charge < -0.3 is 15.3 Å². The minimum absolute atomic E-state index is 0.146. The second-order valence-electron chi connectivity index (χ2n) is 5.18. The van der Waals surface area contributed by atoms with Crippen molar-refractivity contribution in [1.29, 1.82) is 0 Å². The molecule has 116 valence electrons. The predicted octanol–water partition coefficient (Wildman–Crippen LogP) is 3.88. The number of benzene rings is 1. The van der Waals surface area contributed by atoms with Crippen LogP contribution in [0.1, 0.15) is 19.4 Å². The normalized spacial score (nSPS) is 10.6. The number of carbonyl (C=O) groups is 2. The van der Waals surface area contributed by atoms with Crippen molar-refractivity contribution in [2.75, 3.05) is 18.4 Å². The van der Waals surface area contributed by atoms with Crippen LogP contribution in [0.5, 0.6) is 0 Å². The van der Waals surface area contributed by atoms with Crippen LogP contribution >= 0.6 is 23.2 Å². The van der Waals surface area contributed by atoms with Crippen LogP contribution in [0.4, 0.5) is 10.5 Å². The summed E-state index contributed by atoms with van der Waals surface area (Å²) in [7, 11) is 0. The number of carboxylic acids is 1. The molecule has 1 aromatic rings. The molecule has 5 nitrogen and oxygen atoms in total. The molecule has 1 aromatic carbocycles.